The predicted molar refractivity (Wildman–Crippen MR) is 76.9 cm³/mol. The van der Waals surface area contributed by atoms with E-state index in [1.807, 2.05) is 6.92 Å². The molecule has 2 rings (SSSR count). The van der Waals surface area contributed by atoms with Crippen LogP contribution >= 0.6 is 23.6 Å². The molecule has 1 saturated heterocycles. The highest BCUT2D eigenvalue weighted by atomic mass is 32.1. The topological polar surface area (TPSA) is 82.3 Å². The molecule has 0 aromatic carbocycles. The second-order valence-corrected chi connectivity index (χ2v) is 6.93. The summed E-state index contributed by atoms with van der Waals surface area (Å²) in [6.45, 7) is 4.98. The van der Waals surface area contributed by atoms with Crippen LogP contribution in [0, 0.1) is 10.9 Å². The highest BCUT2D eigenvalue weighted by Gasteiger charge is 2.43. The van der Waals surface area contributed by atoms with Gasteiger partial charge in [-0.05, 0) is 33.0 Å². The van der Waals surface area contributed by atoms with E-state index in [0.717, 1.165) is 10.6 Å². The lowest BCUT2D eigenvalue weighted by molar-refractivity contribution is -0.155. The van der Waals surface area contributed by atoms with Crippen molar-refractivity contribution in [3.63, 3.8) is 0 Å². The first kappa shape index (κ1) is 14.9. The number of rotatable bonds is 2. The first-order valence-corrected chi connectivity index (χ1v) is 7.27. The predicted octanol–water partition coefficient (Wildman–Crippen LogP) is 0.920. The molecule has 3 amide bonds. The number of hydrogen-bond acceptors (Lipinski definition) is 5. The Bertz CT molecular complexity index is 645. The van der Waals surface area contributed by atoms with Gasteiger partial charge in [0.1, 0.15) is 12.1 Å². The summed E-state index contributed by atoms with van der Waals surface area (Å²) < 4.78 is 0.608. The van der Waals surface area contributed by atoms with Crippen LogP contribution in [-0.2, 0) is 20.8 Å². The molecular formula is C12H15N3O3S2. The van der Waals surface area contributed by atoms with Crippen LogP contribution in [0.1, 0.15) is 24.4 Å². The Morgan fingerprint density at radius 1 is 1.45 bits per heavy atom. The molecule has 0 bridgehead atoms. The molecule has 0 saturated carbocycles. The number of imide groups is 1. The van der Waals surface area contributed by atoms with E-state index in [9.17, 15) is 14.4 Å². The van der Waals surface area contributed by atoms with E-state index in [1.54, 1.807) is 13.8 Å². The monoisotopic (exact) mass is 313 g/mol. The standard InChI is InChI=1S/C12H15N3O3S2/c1-6-7(20-11(19)13-6)4-9(17)15-5-8(16)14-10(18)12(15,2)3/h4-5H2,1-3H3,(H,13,19)(H,14,16,18). The molecule has 0 unspecified atom stereocenters. The van der Waals surface area contributed by atoms with Crippen molar-refractivity contribution < 1.29 is 14.4 Å². The van der Waals surface area contributed by atoms with Crippen LogP contribution < -0.4 is 5.32 Å². The lowest BCUT2D eigenvalue weighted by Crippen LogP contribution is -2.65. The molecule has 2 N–H and O–H groups in total. The maximum Gasteiger partial charge on any atom is 0.252 e. The Kier molecular flexibility index (Phi) is 3.79. The van der Waals surface area contributed by atoms with E-state index >= 15 is 0 Å². The molecule has 20 heavy (non-hydrogen) atoms. The Balaban J connectivity index is 2.23. The Morgan fingerprint density at radius 3 is 2.65 bits per heavy atom. The highest BCUT2D eigenvalue weighted by Crippen LogP contribution is 2.22. The van der Waals surface area contributed by atoms with Crippen molar-refractivity contribution in [3.8, 4) is 0 Å². The lowest BCUT2D eigenvalue weighted by Gasteiger charge is -2.40. The van der Waals surface area contributed by atoms with Gasteiger partial charge in [-0.3, -0.25) is 19.7 Å². The zero-order valence-corrected chi connectivity index (χ0v) is 13.0. The number of aromatic amines is 1. The van der Waals surface area contributed by atoms with E-state index in [4.69, 9.17) is 12.2 Å². The SMILES string of the molecule is Cc1[nH]c(=S)sc1CC(=O)N1CC(=O)NC(=O)C1(C)C. The lowest BCUT2D eigenvalue weighted by atomic mass is 9.98. The molecular weight excluding hydrogens is 298 g/mol. The molecule has 1 aliphatic rings. The summed E-state index contributed by atoms with van der Waals surface area (Å²) >= 11 is 6.37. The van der Waals surface area contributed by atoms with Gasteiger partial charge in [0.25, 0.3) is 5.91 Å². The molecule has 2 heterocycles. The van der Waals surface area contributed by atoms with Crippen LogP contribution in [-0.4, -0.2) is 39.7 Å². The summed E-state index contributed by atoms with van der Waals surface area (Å²) in [6, 6.07) is 0. The smallest absolute Gasteiger partial charge is 0.252 e. The number of amides is 3. The van der Waals surface area contributed by atoms with Crippen molar-refractivity contribution in [2.75, 3.05) is 6.54 Å². The maximum atomic E-state index is 12.4. The molecule has 108 valence electrons. The average Bonchev–Trinajstić information content (AvgIpc) is 2.62. The van der Waals surface area contributed by atoms with Crippen LogP contribution in [0.5, 0.6) is 0 Å². The number of aromatic nitrogens is 1. The molecule has 0 spiro atoms. The third-order valence-electron chi connectivity index (χ3n) is 3.32. The van der Waals surface area contributed by atoms with Crippen molar-refractivity contribution in [2.24, 2.45) is 0 Å². The van der Waals surface area contributed by atoms with Gasteiger partial charge in [0.05, 0.1) is 6.42 Å². The molecule has 0 aliphatic carbocycles. The quantitative estimate of drug-likeness (QED) is 0.628. The number of H-pyrrole nitrogens is 1. The molecule has 1 aliphatic heterocycles. The fraction of sp³-hybridized carbons (Fsp3) is 0.500. The molecule has 0 atom stereocenters. The normalized spacial score (nSPS) is 18.1. The second kappa shape index (κ2) is 5.10. The minimum Gasteiger partial charge on any atom is -0.341 e. The third kappa shape index (κ3) is 2.66. The van der Waals surface area contributed by atoms with E-state index in [2.05, 4.69) is 10.3 Å². The van der Waals surface area contributed by atoms with Crippen molar-refractivity contribution in [3.05, 3.63) is 14.5 Å². The summed E-state index contributed by atoms with van der Waals surface area (Å²) in [7, 11) is 0. The molecule has 8 heteroatoms. The van der Waals surface area contributed by atoms with Crippen molar-refractivity contribution in [2.45, 2.75) is 32.7 Å². The van der Waals surface area contributed by atoms with Crippen molar-refractivity contribution in [1.29, 1.82) is 0 Å². The van der Waals surface area contributed by atoms with Gasteiger partial charge >= 0.3 is 0 Å². The van der Waals surface area contributed by atoms with Gasteiger partial charge < -0.3 is 9.88 Å². The van der Waals surface area contributed by atoms with E-state index in [1.165, 1.54) is 16.2 Å². The number of hydrogen-bond donors (Lipinski definition) is 2. The fourth-order valence-electron chi connectivity index (χ4n) is 2.02. The summed E-state index contributed by atoms with van der Waals surface area (Å²) in [4.78, 5) is 40.8. The zero-order chi connectivity index (χ0) is 15.1. The summed E-state index contributed by atoms with van der Waals surface area (Å²) in [5.74, 6) is -1.17. The average molecular weight is 313 g/mol. The number of nitrogens with one attached hydrogen (secondary N) is 2. The minimum atomic E-state index is -1.03. The van der Waals surface area contributed by atoms with Gasteiger partial charge in [-0.25, -0.2) is 0 Å². The van der Waals surface area contributed by atoms with E-state index in [-0.39, 0.29) is 18.9 Å². The first-order chi connectivity index (χ1) is 9.21. The fourth-order valence-corrected chi connectivity index (χ4v) is 3.30. The summed E-state index contributed by atoms with van der Waals surface area (Å²) in [5.41, 5.74) is -0.185. The first-order valence-electron chi connectivity index (χ1n) is 6.05. The van der Waals surface area contributed by atoms with Crippen molar-refractivity contribution >= 4 is 41.3 Å². The van der Waals surface area contributed by atoms with Crippen LogP contribution in [0.4, 0.5) is 0 Å². The molecule has 1 aromatic rings. The number of piperazine rings is 1. The van der Waals surface area contributed by atoms with Crippen LogP contribution in [0.15, 0.2) is 0 Å². The van der Waals surface area contributed by atoms with Gasteiger partial charge in [-0.15, -0.1) is 11.3 Å². The van der Waals surface area contributed by atoms with Crippen molar-refractivity contribution in [1.82, 2.24) is 15.2 Å². The Morgan fingerprint density at radius 2 is 2.10 bits per heavy atom. The molecule has 1 aromatic heterocycles. The Labute approximate surface area is 125 Å². The molecule has 1 fully saturated rings. The van der Waals surface area contributed by atoms with Gasteiger partial charge in [0, 0.05) is 10.6 Å². The zero-order valence-electron chi connectivity index (χ0n) is 11.4. The molecule has 6 nitrogen and oxygen atoms in total. The number of aryl methyl sites for hydroxylation is 1. The van der Waals surface area contributed by atoms with Crippen LogP contribution in [0.3, 0.4) is 0 Å². The number of carbonyl (C=O) groups is 3. The highest BCUT2D eigenvalue weighted by molar-refractivity contribution is 7.73. The summed E-state index contributed by atoms with van der Waals surface area (Å²) in [5, 5.41) is 2.24. The Hall–Kier alpha value is -1.54. The summed E-state index contributed by atoms with van der Waals surface area (Å²) in [6.07, 6.45) is 0.133. The van der Waals surface area contributed by atoms with Gasteiger partial charge in [-0.1, -0.05) is 0 Å². The van der Waals surface area contributed by atoms with Gasteiger partial charge in [0.15, 0.2) is 3.95 Å². The largest absolute Gasteiger partial charge is 0.341 e. The van der Waals surface area contributed by atoms with Crippen LogP contribution in [0.25, 0.3) is 0 Å². The van der Waals surface area contributed by atoms with E-state index in [0.29, 0.717) is 3.95 Å². The van der Waals surface area contributed by atoms with Crippen LogP contribution in [0.2, 0.25) is 0 Å². The van der Waals surface area contributed by atoms with E-state index < -0.39 is 17.4 Å². The number of thiazole rings is 1. The minimum absolute atomic E-state index is 0.105. The molecule has 0 radical (unpaired) electrons. The maximum absolute atomic E-state index is 12.4. The van der Waals surface area contributed by atoms with Gasteiger partial charge in [0.2, 0.25) is 11.8 Å². The third-order valence-corrected chi connectivity index (χ3v) is 4.66. The number of carbonyl (C=O) groups excluding carboxylic acids is 3. The van der Waals surface area contributed by atoms with Gasteiger partial charge in [-0.2, -0.15) is 0 Å². The number of nitrogens with zero attached hydrogens (tertiary/aromatic N) is 1. The second-order valence-electron chi connectivity index (χ2n) is 5.16.